The number of carbonyl (C=O) groups is 2. The number of thiophene rings is 1. The Labute approximate surface area is 203 Å². The quantitative estimate of drug-likeness (QED) is 0.204. The van der Waals surface area contributed by atoms with Gasteiger partial charge in [-0.2, -0.15) is 0 Å². The van der Waals surface area contributed by atoms with Crippen molar-refractivity contribution in [1.82, 2.24) is 0 Å². The number of nitro groups is 1. The lowest BCUT2D eigenvalue weighted by Crippen LogP contribution is -2.32. The summed E-state index contributed by atoms with van der Waals surface area (Å²) in [4.78, 5) is 37.8. The molecule has 0 aliphatic rings. The van der Waals surface area contributed by atoms with Crippen molar-refractivity contribution >= 4 is 34.1 Å². The predicted molar refractivity (Wildman–Crippen MR) is 127 cm³/mol. The molecule has 1 amide bonds. The zero-order valence-electron chi connectivity index (χ0n) is 19.2. The monoisotopic (exact) mass is 504 g/mol. The molecule has 0 unspecified atom stereocenters. The maximum Gasteiger partial charge on any atom is 0.415 e. The summed E-state index contributed by atoms with van der Waals surface area (Å²) in [5.41, 5.74) is 0.543. The van der Waals surface area contributed by atoms with Crippen LogP contribution in [-0.4, -0.2) is 30.2 Å². The maximum atomic E-state index is 14.4. The molecule has 0 atom stereocenters. The first-order chi connectivity index (χ1) is 16.7. The molecule has 3 aromatic rings. The van der Waals surface area contributed by atoms with E-state index in [1.165, 1.54) is 30.3 Å². The second-order valence-electron chi connectivity index (χ2n) is 7.25. The van der Waals surface area contributed by atoms with Crippen LogP contribution in [0.15, 0.2) is 42.5 Å². The minimum Gasteiger partial charge on any atom is -0.462 e. The summed E-state index contributed by atoms with van der Waals surface area (Å²) in [5.74, 6) is -2.45. The molecule has 11 heteroatoms. The summed E-state index contributed by atoms with van der Waals surface area (Å²) in [6, 6.07) is 8.99. The van der Waals surface area contributed by atoms with Crippen LogP contribution in [0.25, 0.3) is 10.4 Å². The lowest BCUT2D eigenvalue weighted by Gasteiger charge is -2.22. The van der Waals surface area contributed by atoms with Gasteiger partial charge < -0.3 is 9.47 Å². The Morgan fingerprint density at radius 1 is 1.03 bits per heavy atom. The van der Waals surface area contributed by atoms with Crippen LogP contribution in [0.2, 0.25) is 0 Å². The Kier molecular flexibility index (Phi) is 8.13. The van der Waals surface area contributed by atoms with Crippen molar-refractivity contribution < 1.29 is 32.8 Å². The van der Waals surface area contributed by atoms with E-state index in [9.17, 15) is 28.5 Å². The zero-order chi connectivity index (χ0) is 25.7. The maximum absolute atomic E-state index is 14.4. The molecule has 184 valence electrons. The van der Waals surface area contributed by atoms with Gasteiger partial charge in [-0.25, -0.2) is 18.4 Å². The Balaban J connectivity index is 2.20. The highest BCUT2D eigenvalue weighted by Gasteiger charge is 2.31. The van der Waals surface area contributed by atoms with Crippen LogP contribution in [0.5, 0.6) is 0 Å². The van der Waals surface area contributed by atoms with Crippen LogP contribution in [0.4, 0.5) is 24.3 Å². The van der Waals surface area contributed by atoms with Crippen molar-refractivity contribution in [2.45, 2.75) is 27.3 Å². The molecule has 0 aliphatic heterocycles. The van der Waals surface area contributed by atoms with Crippen LogP contribution in [0.1, 0.15) is 35.3 Å². The molecule has 0 spiro atoms. The Morgan fingerprint density at radius 3 is 2.17 bits per heavy atom. The number of anilines is 1. The number of ether oxygens (including phenoxy) is 2. The molecule has 35 heavy (non-hydrogen) atoms. The van der Waals surface area contributed by atoms with Crippen LogP contribution < -0.4 is 4.90 Å². The first-order valence-electron chi connectivity index (χ1n) is 10.6. The van der Waals surface area contributed by atoms with E-state index in [-0.39, 0.29) is 35.0 Å². The highest BCUT2D eigenvalue weighted by Crippen LogP contribution is 2.43. The van der Waals surface area contributed by atoms with Gasteiger partial charge in [-0.1, -0.05) is 6.07 Å². The predicted octanol–water partition coefficient (Wildman–Crippen LogP) is 6.25. The molecule has 0 saturated heterocycles. The Hall–Kier alpha value is -3.86. The smallest absolute Gasteiger partial charge is 0.415 e. The molecule has 0 saturated carbocycles. The van der Waals surface area contributed by atoms with Crippen LogP contribution in [0, 0.1) is 28.7 Å². The van der Waals surface area contributed by atoms with Gasteiger partial charge in [0.25, 0.3) is 5.69 Å². The lowest BCUT2D eigenvalue weighted by atomic mass is 10.1. The largest absolute Gasteiger partial charge is 0.462 e. The number of rotatable bonds is 8. The zero-order valence-corrected chi connectivity index (χ0v) is 20.0. The van der Waals surface area contributed by atoms with Crippen molar-refractivity contribution in [2.24, 2.45) is 0 Å². The lowest BCUT2D eigenvalue weighted by molar-refractivity contribution is -0.384. The van der Waals surface area contributed by atoms with Gasteiger partial charge >= 0.3 is 12.1 Å². The molecule has 2 aromatic carbocycles. The molecule has 0 bridgehead atoms. The number of esters is 1. The van der Waals surface area contributed by atoms with E-state index in [1.807, 2.05) is 0 Å². The van der Waals surface area contributed by atoms with Crippen molar-refractivity contribution in [3.8, 4) is 10.4 Å². The van der Waals surface area contributed by atoms with Crippen molar-refractivity contribution in [2.75, 3.05) is 18.1 Å². The molecule has 0 radical (unpaired) electrons. The third-order valence-corrected chi connectivity index (χ3v) is 6.42. The number of benzene rings is 2. The molecule has 0 N–H and O–H groups in total. The molecular formula is C24H22F2N2O6S. The van der Waals surface area contributed by atoms with Crippen LogP contribution in [0.3, 0.4) is 0 Å². The molecule has 3 rings (SSSR count). The summed E-state index contributed by atoms with van der Waals surface area (Å²) in [6.45, 7) is 4.34. The van der Waals surface area contributed by atoms with E-state index >= 15 is 0 Å². The highest BCUT2D eigenvalue weighted by atomic mass is 32.1. The van der Waals surface area contributed by atoms with Crippen LogP contribution >= 0.6 is 11.3 Å². The van der Waals surface area contributed by atoms with Gasteiger partial charge in [-0.3, -0.25) is 15.0 Å². The molecule has 1 aromatic heterocycles. The number of non-ortho nitro benzene ring substituents is 1. The second kappa shape index (κ2) is 11.0. The van der Waals surface area contributed by atoms with Crippen molar-refractivity contribution in [3.63, 3.8) is 0 Å². The van der Waals surface area contributed by atoms with E-state index in [4.69, 9.17) is 9.47 Å². The van der Waals surface area contributed by atoms with Gasteiger partial charge in [-0.05, 0) is 56.2 Å². The van der Waals surface area contributed by atoms with Gasteiger partial charge in [0.05, 0.1) is 30.2 Å². The molecular weight excluding hydrogens is 482 g/mol. The fourth-order valence-corrected chi connectivity index (χ4v) is 4.69. The SMILES string of the molecule is CCOC(=O)c1c(N(Cc2c(F)cccc2F)C(=O)OCC)sc(-c2ccc([N+](=O)[O-])cc2)c1C. The van der Waals surface area contributed by atoms with Gasteiger partial charge in [-0.15, -0.1) is 11.3 Å². The number of hydrogen-bond donors (Lipinski definition) is 0. The van der Waals surface area contributed by atoms with Gasteiger partial charge in [0, 0.05) is 22.6 Å². The van der Waals surface area contributed by atoms with Gasteiger partial charge in [0.15, 0.2) is 0 Å². The second-order valence-corrected chi connectivity index (χ2v) is 8.25. The summed E-state index contributed by atoms with van der Waals surface area (Å²) >= 11 is 1.01. The topological polar surface area (TPSA) is 99.0 Å². The average molecular weight is 505 g/mol. The Morgan fingerprint density at radius 2 is 1.63 bits per heavy atom. The number of hydrogen-bond acceptors (Lipinski definition) is 7. The summed E-state index contributed by atoms with van der Waals surface area (Å²) in [5, 5.41) is 11.1. The minimum atomic E-state index is -0.905. The van der Waals surface area contributed by atoms with E-state index in [0.29, 0.717) is 16.0 Å². The van der Waals surface area contributed by atoms with E-state index < -0.39 is 35.2 Å². The summed E-state index contributed by atoms with van der Waals surface area (Å²) in [7, 11) is 0. The molecule has 8 nitrogen and oxygen atoms in total. The van der Waals surface area contributed by atoms with E-state index in [1.54, 1.807) is 20.8 Å². The van der Waals surface area contributed by atoms with Crippen molar-refractivity contribution in [3.05, 3.63) is 80.9 Å². The first kappa shape index (κ1) is 25.8. The third kappa shape index (κ3) is 5.46. The fourth-order valence-electron chi connectivity index (χ4n) is 3.40. The minimum absolute atomic E-state index is 0.0105. The molecule has 0 fully saturated rings. The standard InChI is InChI=1S/C24H22F2N2O6S/c1-4-33-23(29)20-14(3)21(15-9-11-16(12-10-15)28(31)32)35-22(20)27(24(30)34-5-2)13-17-18(25)7-6-8-19(17)26/h6-12H,4-5,13H2,1-3H3. The van der Waals surface area contributed by atoms with Gasteiger partial charge in [0.1, 0.15) is 16.6 Å². The van der Waals surface area contributed by atoms with Crippen molar-refractivity contribution in [1.29, 1.82) is 0 Å². The van der Waals surface area contributed by atoms with E-state index in [2.05, 4.69) is 0 Å². The normalized spacial score (nSPS) is 10.7. The summed E-state index contributed by atoms with van der Waals surface area (Å²) < 4.78 is 39.2. The molecule has 0 aliphatic carbocycles. The third-order valence-electron chi connectivity index (χ3n) is 5.06. The number of amides is 1. The number of nitrogens with zero attached hydrogens (tertiary/aromatic N) is 2. The first-order valence-corrected chi connectivity index (χ1v) is 11.4. The Bertz CT molecular complexity index is 1240. The van der Waals surface area contributed by atoms with Gasteiger partial charge in [0.2, 0.25) is 0 Å². The average Bonchev–Trinajstić information content (AvgIpc) is 3.16. The van der Waals surface area contributed by atoms with E-state index in [0.717, 1.165) is 28.4 Å². The molecule has 1 heterocycles. The number of halogens is 2. The fraction of sp³-hybridized carbons (Fsp3) is 0.250. The highest BCUT2D eigenvalue weighted by molar-refractivity contribution is 7.20. The number of nitro benzene ring substituents is 1. The number of carbonyl (C=O) groups excluding carboxylic acids is 2. The summed E-state index contributed by atoms with van der Waals surface area (Å²) in [6.07, 6.45) is -0.905. The van der Waals surface area contributed by atoms with Crippen LogP contribution in [-0.2, 0) is 16.0 Å².